The van der Waals surface area contributed by atoms with Gasteiger partial charge in [-0.25, -0.2) is 0 Å². The Bertz CT molecular complexity index is 11.5. The van der Waals surface area contributed by atoms with Crippen molar-refractivity contribution in [2.24, 2.45) is 5.50 Å². The Kier molecular flexibility index (Phi) is 318. The van der Waals surface area contributed by atoms with Crippen LogP contribution in [0.5, 0.6) is 0 Å². The summed E-state index contributed by atoms with van der Waals surface area (Å²) in [7, 11) is 1.92. The molecule has 2 nitrogen and oxygen atoms in total. The Morgan fingerprint density at radius 1 is 1.17 bits per heavy atom. The Morgan fingerprint density at radius 3 is 1.17 bits per heavy atom. The van der Waals surface area contributed by atoms with Crippen molar-refractivity contribution in [3.8, 4) is 0 Å². The van der Waals surface area contributed by atoms with Gasteiger partial charge in [0.15, 0.2) is 0 Å². The third-order valence-corrected chi connectivity index (χ3v) is 0. The number of hydrogen-bond acceptors (Lipinski definition) is 2. The molecule has 0 aliphatic carbocycles. The number of halogens is 2. The van der Waals surface area contributed by atoms with E-state index < -0.39 is 0 Å². The number of nitrogens with two attached hydrogens (primary N) is 1. The van der Waals surface area contributed by atoms with Gasteiger partial charge in [0.05, 0.1) is 0 Å². The minimum atomic E-state index is 0. The maximum absolute atomic E-state index is 4.42. The molecule has 0 saturated carbocycles. The Morgan fingerprint density at radius 2 is 1.17 bits per heavy atom. The van der Waals surface area contributed by atoms with Crippen LogP contribution in [0.3, 0.4) is 0 Å². The van der Waals surface area contributed by atoms with Gasteiger partial charge in [-0.15, -0.1) is 12.4 Å². The molecule has 1 atom stereocenters. The third-order valence-electron chi connectivity index (χ3n) is 0. The van der Waals surface area contributed by atoms with E-state index in [2.05, 4.69) is 5.50 Å². The smallest absolute Gasteiger partial charge is 1.00 e. The molecule has 0 radical (unpaired) electrons. The van der Waals surface area contributed by atoms with Crippen molar-refractivity contribution in [3.05, 3.63) is 0 Å². The first-order valence-corrected chi connectivity index (χ1v) is 1.00. The Hall–Kier alpha value is 2.57. The molecule has 0 aliphatic rings. The van der Waals surface area contributed by atoms with E-state index in [1.165, 1.54) is 0 Å². The predicted octanol–water partition coefficient (Wildman–Crippen LogP) is -5.67. The molecule has 0 saturated heterocycles. The molecule has 38 valence electrons. The third kappa shape index (κ3) is 30.9. The van der Waals surface area contributed by atoms with Gasteiger partial charge < -0.3 is 24.1 Å². The van der Waals surface area contributed by atoms with E-state index in [-0.39, 0.29) is 82.3 Å². The van der Waals surface area contributed by atoms with Gasteiger partial charge in [-0.05, 0) is 0 Å². The van der Waals surface area contributed by atoms with Crippen molar-refractivity contribution in [1.82, 2.24) is 6.15 Å². The van der Waals surface area contributed by atoms with Crippen molar-refractivity contribution in [2.75, 3.05) is 0 Å². The molecular formula is H8Cl2KN2P. The maximum Gasteiger partial charge on any atom is 1.00 e. The van der Waals surface area contributed by atoms with Crippen LogP contribution in [-0.2, 0) is 0 Å². The van der Waals surface area contributed by atoms with Gasteiger partial charge in [-0.2, -0.15) is 0 Å². The van der Waals surface area contributed by atoms with Crippen LogP contribution in [0.15, 0.2) is 0 Å². The summed E-state index contributed by atoms with van der Waals surface area (Å²) in [6, 6.07) is 0. The van der Waals surface area contributed by atoms with Gasteiger partial charge in [0.2, 0.25) is 0 Å². The summed E-state index contributed by atoms with van der Waals surface area (Å²) >= 11 is 0. The number of hydrogen-bond donors (Lipinski definition) is 2. The van der Waals surface area contributed by atoms with Gasteiger partial charge in [0, 0.05) is 0 Å². The molecule has 0 fully saturated rings. The van der Waals surface area contributed by atoms with Gasteiger partial charge in [-0.3, -0.25) is 0 Å². The zero-order valence-electron chi connectivity index (χ0n) is 3.65. The standard InChI is InChI=1S/2ClH.K.H4NP.H3N/c;;;1-2;/h2*1H;;1-2H2;1H3/q;;+1;;/p-1. The maximum atomic E-state index is 4.42. The van der Waals surface area contributed by atoms with Crippen molar-refractivity contribution >= 4 is 21.8 Å². The van der Waals surface area contributed by atoms with Crippen molar-refractivity contribution < 1.29 is 63.8 Å². The van der Waals surface area contributed by atoms with Crippen molar-refractivity contribution in [2.45, 2.75) is 0 Å². The molecule has 0 aromatic heterocycles. The summed E-state index contributed by atoms with van der Waals surface area (Å²) in [4.78, 5) is 0. The Balaban J connectivity index is -0.000000000833. The summed E-state index contributed by atoms with van der Waals surface area (Å²) in [5.41, 5.74) is 4.42. The monoisotopic (exact) mass is 176 g/mol. The average Bonchev–Trinajstić information content (AvgIpc) is 1.00. The zero-order chi connectivity index (χ0) is 2.00. The molecule has 0 amide bonds. The zero-order valence-corrected chi connectivity index (χ0v) is 9.50. The van der Waals surface area contributed by atoms with Crippen LogP contribution in [0.1, 0.15) is 0 Å². The number of rotatable bonds is 0. The summed E-state index contributed by atoms with van der Waals surface area (Å²) in [5, 5.41) is 0. The fourth-order valence-electron chi connectivity index (χ4n) is 0. The fourth-order valence-corrected chi connectivity index (χ4v) is 0. The summed E-state index contributed by atoms with van der Waals surface area (Å²) in [5.74, 6) is 0. The van der Waals surface area contributed by atoms with Gasteiger partial charge in [0.1, 0.15) is 0 Å². The van der Waals surface area contributed by atoms with E-state index in [1.54, 1.807) is 0 Å². The fraction of sp³-hybridized carbons (Fsp3) is 0. The van der Waals surface area contributed by atoms with Crippen LogP contribution < -0.4 is 75.4 Å². The first-order valence-electron chi connectivity index (χ1n) is 0.333. The van der Waals surface area contributed by atoms with E-state index in [4.69, 9.17) is 0 Å². The molecule has 0 aromatic rings. The molecule has 0 rings (SSSR count). The van der Waals surface area contributed by atoms with Gasteiger partial charge in [-0.1, -0.05) is 9.39 Å². The topological polar surface area (TPSA) is 61.0 Å². The van der Waals surface area contributed by atoms with Crippen LogP contribution >= 0.6 is 21.8 Å². The normalized spacial score (nSPS) is 1.00. The second kappa shape index (κ2) is 49.5. The molecule has 6 heavy (non-hydrogen) atoms. The minimum absolute atomic E-state index is 0. The summed E-state index contributed by atoms with van der Waals surface area (Å²) in [6.07, 6.45) is 0. The molecule has 0 aromatic carbocycles. The molecule has 1 unspecified atom stereocenters. The van der Waals surface area contributed by atoms with E-state index in [9.17, 15) is 0 Å². The van der Waals surface area contributed by atoms with Crippen LogP contribution in [-0.4, -0.2) is 0 Å². The van der Waals surface area contributed by atoms with Crippen LogP contribution in [0.4, 0.5) is 0 Å². The van der Waals surface area contributed by atoms with Crippen LogP contribution in [0.2, 0.25) is 0 Å². The second-order valence-corrected chi connectivity index (χ2v) is 0. The van der Waals surface area contributed by atoms with Gasteiger partial charge in [0.25, 0.3) is 0 Å². The molecule has 6 heteroatoms. The predicted molar refractivity (Wildman–Crippen MR) is 26.2 cm³/mol. The van der Waals surface area contributed by atoms with Crippen LogP contribution in [0, 0.1) is 0 Å². The molecule has 0 bridgehead atoms. The molecule has 0 heterocycles. The first-order chi connectivity index (χ1) is 1.00. The average molecular weight is 177 g/mol. The van der Waals surface area contributed by atoms with Crippen molar-refractivity contribution in [3.63, 3.8) is 0 Å². The van der Waals surface area contributed by atoms with Crippen molar-refractivity contribution in [1.29, 1.82) is 0 Å². The first kappa shape index (κ1) is 38.6. The summed E-state index contributed by atoms with van der Waals surface area (Å²) in [6.45, 7) is 0. The second-order valence-electron chi connectivity index (χ2n) is 0. The van der Waals surface area contributed by atoms with E-state index in [1.807, 2.05) is 9.39 Å². The largest absolute Gasteiger partial charge is 1.00 e. The summed E-state index contributed by atoms with van der Waals surface area (Å²) < 4.78 is 0. The van der Waals surface area contributed by atoms with E-state index in [0.29, 0.717) is 0 Å². The molecule has 5 N–H and O–H groups in total. The molecular weight excluding hydrogens is 169 g/mol. The van der Waals surface area contributed by atoms with Gasteiger partial charge >= 0.3 is 51.4 Å². The molecule has 0 spiro atoms. The minimum Gasteiger partial charge on any atom is -1.00 e. The van der Waals surface area contributed by atoms with E-state index in [0.717, 1.165) is 0 Å². The Labute approximate surface area is 95.5 Å². The quantitative estimate of drug-likeness (QED) is 0.286. The van der Waals surface area contributed by atoms with E-state index >= 15 is 0 Å². The van der Waals surface area contributed by atoms with Crippen LogP contribution in [0.25, 0.3) is 0 Å². The molecule has 0 aliphatic heterocycles. The SMILES string of the molecule is Cl.N.NP.[Cl-].[K+].